The summed E-state index contributed by atoms with van der Waals surface area (Å²) in [7, 11) is -3.30. The molecule has 1 atom stereocenters. The van der Waals surface area contributed by atoms with Crippen molar-refractivity contribution in [3.8, 4) is 10.7 Å². The van der Waals surface area contributed by atoms with E-state index in [9.17, 15) is 8.42 Å². The molecule has 2 aromatic rings. The van der Waals surface area contributed by atoms with Crippen molar-refractivity contribution in [3.05, 3.63) is 23.4 Å². The van der Waals surface area contributed by atoms with Gasteiger partial charge in [-0.1, -0.05) is 11.2 Å². The van der Waals surface area contributed by atoms with Crippen molar-refractivity contribution in [2.45, 2.75) is 24.1 Å². The molecule has 2 aliphatic rings. The number of hydrogen-bond donors (Lipinski definition) is 0. The lowest BCUT2D eigenvalue weighted by atomic mass is 10.3. The second-order valence-corrected chi connectivity index (χ2v) is 8.49. The van der Waals surface area contributed by atoms with Gasteiger partial charge in [0.15, 0.2) is 0 Å². The van der Waals surface area contributed by atoms with Crippen LogP contribution in [0.3, 0.4) is 0 Å². The zero-order valence-electron chi connectivity index (χ0n) is 11.7. The van der Waals surface area contributed by atoms with Crippen molar-refractivity contribution in [2.75, 3.05) is 19.8 Å². The number of hydrogen-bond acceptors (Lipinski definition) is 7. The van der Waals surface area contributed by atoms with Crippen molar-refractivity contribution < 1.29 is 17.7 Å². The number of nitrogens with zero attached hydrogens (tertiary/aromatic N) is 3. The molecule has 118 valence electrons. The first-order valence-electron chi connectivity index (χ1n) is 7.12. The third kappa shape index (κ3) is 2.47. The van der Waals surface area contributed by atoms with Crippen LogP contribution in [0.25, 0.3) is 10.7 Å². The fourth-order valence-corrected chi connectivity index (χ4v) is 5.12. The maximum Gasteiger partial charge on any atom is 0.247 e. The molecule has 2 fully saturated rings. The Kier molecular flexibility index (Phi) is 3.52. The number of sulfonamides is 1. The summed E-state index contributed by atoms with van der Waals surface area (Å²) in [5, 5.41) is 5.63. The van der Waals surface area contributed by atoms with E-state index in [2.05, 4.69) is 10.1 Å². The minimum absolute atomic E-state index is 0.248. The third-order valence-electron chi connectivity index (χ3n) is 3.82. The van der Waals surface area contributed by atoms with Crippen LogP contribution >= 0.6 is 11.3 Å². The Bertz CT molecular complexity index is 752. The lowest BCUT2D eigenvalue weighted by Crippen LogP contribution is -2.44. The van der Waals surface area contributed by atoms with Crippen LogP contribution < -0.4 is 0 Å². The molecule has 2 aromatic heterocycles. The van der Waals surface area contributed by atoms with Gasteiger partial charge in [0.25, 0.3) is 0 Å². The summed E-state index contributed by atoms with van der Waals surface area (Å²) in [5.74, 6) is 0.784. The molecular formula is C13H15N3O4S2. The summed E-state index contributed by atoms with van der Waals surface area (Å²) in [6.07, 6.45) is 1.47. The highest BCUT2D eigenvalue weighted by molar-refractivity contribution is 7.90. The minimum Gasteiger partial charge on any atom is -0.378 e. The molecule has 1 saturated heterocycles. The van der Waals surface area contributed by atoms with Gasteiger partial charge in [-0.25, -0.2) is 8.42 Å². The van der Waals surface area contributed by atoms with Crippen LogP contribution in [0.15, 0.2) is 22.0 Å². The molecule has 0 N–H and O–H groups in total. The molecule has 7 nitrogen and oxygen atoms in total. The molecule has 3 heterocycles. The summed E-state index contributed by atoms with van der Waals surface area (Å²) in [4.78, 5) is 5.26. The van der Waals surface area contributed by atoms with Gasteiger partial charge in [-0.2, -0.15) is 9.29 Å². The summed E-state index contributed by atoms with van der Waals surface area (Å²) < 4.78 is 37.3. The molecule has 0 amide bonds. The van der Waals surface area contributed by atoms with Crippen molar-refractivity contribution in [1.82, 2.24) is 14.4 Å². The van der Waals surface area contributed by atoms with Gasteiger partial charge >= 0.3 is 0 Å². The van der Waals surface area contributed by atoms with Crippen LogP contribution in [0.5, 0.6) is 0 Å². The SMILES string of the molecule is O=S(=O)(C1CC1)N1CCOC[C@@H]1c1nc(-c2cccs2)no1. The van der Waals surface area contributed by atoms with Crippen LogP contribution in [-0.2, 0) is 14.8 Å². The van der Waals surface area contributed by atoms with E-state index < -0.39 is 16.1 Å². The summed E-state index contributed by atoms with van der Waals surface area (Å²) in [6.45, 7) is 0.979. The summed E-state index contributed by atoms with van der Waals surface area (Å²) in [6, 6.07) is 3.28. The highest BCUT2D eigenvalue weighted by Crippen LogP contribution is 2.36. The van der Waals surface area contributed by atoms with Gasteiger partial charge in [0.2, 0.25) is 21.7 Å². The predicted molar refractivity (Wildman–Crippen MR) is 79.8 cm³/mol. The second kappa shape index (κ2) is 5.41. The molecule has 22 heavy (non-hydrogen) atoms. The van der Waals surface area contributed by atoms with Crippen molar-refractivity contribution >= 4 is 21.4 Å². The average molecular weight is 341 g/mol. The monoisotopic (exact) mass is 341 g/mol. The lowest BCUT2D eigenvalue weighted by molar-refractivity contribution is 0.0202. The highest BCUT2D eigenvalue weighted by atomic mass is 32.2. The van der Waals surface area contributed by atoms with E-state index >= 15 is 0 Å². The zero-order valence-corrected chi connectivity index (χ0v) is 13.3. The maximum atomic E-state index is 12.5. The summed E-state index contributed by atoms with van der Waals surface area (Å²) in [5.41, 5.74) is 0. The Hall–Kier alpha value is -1.29. The molecule has 0 aromatic carbocycles. The van der Waals surface area contributed by atoms with E-state index in [1.807, 2.05) is 17.5 Å². The van der Waals surface area contributed by atoms with Gasteiger partial charge in [0, 0.05) is 6.54 Å². The van der Waals surface area contributed by atoms with Gasteiger partial charge < -0.3 is 9.26 Å². The Labute approximate surface area is 131 Å². The van der Waals surface area contributed by atoms with Crippen LogP contribution in [-0.4, -0.2) is 47.9 Å². The minimum atomic E-state index is -3.30. The quantitative estimate of drug-likeness (QED) is 0.841. The molecule has 1 aliphatic carbocycles. The van der Waals surface area contributed by atoms with Crippen molar-refractivity contribution in [3.63, 3.8) is 0 Å². The standard InChI is InChI=1S/C13H15N3O4S2/c17-22(18,9-3-4-9)16-5-6-19-8-10(16)13-14-12(15-20-13)11-2-1-7-21-11/h1-2,7,9-10H,3-6,8H2/t10-/m1/s1. The number of morpholine rings is 1. The Balaban J connectivity index is 1.64. The van der Waals surface area contributed by atoms with E-state index in [1.54, 1.807) is 0 Å². The third-order valence-corrected chi connectivity index (χ3v) is 7.09. The van der Waals surface area contributed by atoms with Crippen molar-refractivity contribution in [2.24, 2.45) is 0 Å². The Morgan fingerprint density at radius 1 is 1.36 bits per heavy atom. The molecule has 0 bridgehead atoms. The smallest absolute Gasteiger partial charge is 0.247 e. The first-order chi connectivity index (χ1) is 10.7. The maximum absolute atomic E-state index is 12.5. The average Bonchev–Trinajstić information content (AvgIpc) is 3.06. The summed E-state index contributed by atoms with van der Waals surface area (Å²) >= 11 is 1.51. The number of thiophene rings is 1. The molecule has 1 aliphatic heterocycles. The lowest BCUT2D eigenvalue weighted by Gasteiger charge is -2.32. The van der Waals surface area contributed by atoms with Crippen LogP contribution in [0.1, 0.15) is 24.8 Å². The van der Waals surface area contributed by atoms with E-state index in [0.717, 1.165) is 17.7 Å². The first kappa shape index (κ1) is 14.3. The molecule has 4 rings (SSSR count). The second-order valence-electron chi connectivity index (χ2n) is 5.38. The van der Waals surface area contributed by atoms with Gasteiger partial charge in [-0.05, 0) is 24.3 Å². The van der Waals surface area contributed by atoms with E-state index in [-0.39, 0.29) is 11.9 Å². The van der Waals surface area contributed by atoms with Crippen LogP contribution in [0, 0.1) is 0 Å². The fraction of sp³-hybridized carbons (Fsp3) is 0.538. The predicted octanol–water partition coefficient (Wildman–Crippen LogP) is 1.66. The van der Waals surface area contributed by atoms with Gasteiger partial charge in [0.1, 0.15) is 6.04 Å². The number of aromatic nitrogens is 2. The number of rotatable bonds is 4. The first-order valence-corrected chi connectivity index (χ1v) is 9.50. The molecular weight excluding hydrogens is 326 g/mol. The number of ether oxygens (including phenoxy) is 1. The molecule has 9 heteroatoms. The van der Waals surface area contributed by atoms with Gasteiger partial charge in [0.05, 0.1) is 23.3 Å². The van der Waals surface area contributed by atoms with Crippen LogP contribution in [0.2, 0.25) is 0 Å². The topological polar surface area (TPSA) is 85.5 Å². The van der Waals surface area contributed by atoms with Gasteiger partial charge in [-0.15, -0.1) is 11.3 Å². The largest absolute Gasteiger partial charge is 0.378 e. The molecule has 0 unspecified atom stereocenters. The zero-order chi connectivity index (χ0) is 15.2. The van der Waals surface area contributed by atoms with E-state index in [0.29, 0.717) is 24.9 Å². The molecule has 1 saturated carbocycles. The normalized spacial score (nSPS) is 23.7. The van der Waals surface area contributed by atoms with Crippen LogP contribution in [0.4, 0.5) is 0 Å². The van der Waals surface area contributed by atoms with Gasteiger partial charge in [-0.3, -0.25) is 0 Å². The Morgan fingerprint density at radius 3 is 2.95 bits per heavy atom. The Morgan fingerprint density at radius 2 is 2.23 bits per heavy atom. The highest BCUT2D eigenvalue weighted by Gasteiger charge is 2.45. The van der Waals surface area contributed by atoms with Crippen molar-refractivity contribution in [1.29, 1.82) is 0 Å². The molecule has 0 spiro atoms. The van der Waals surface area contributed by atoms with E-state index in [4.69, 9.17) is 9.26 Å². The fourth-order valence-electron chi connectivity index (χ4n) is 2.52. The van der Waals surface area contributed by atoms with E-state index in [1.165, 1.54) is 15.6 Å². The molecule has 0 radical (unpaired) electrons.